The van der Waals surface area contributed by atoms with Gasteiger partial charge < -0.3 is 9.52 Å². The molecule has 0 spiro atoms. The number of halogens is 1. The van der Waals surface area contributed by atoms with E-state index in [1.165, 1.54) is 6.20 Å². The van der Waals surface area contributed by atoms with Gasteiger partial charge in [0.1, 0.15) is 11.3 Å². The maximum atomic E-state index is 11.4. The lowest BCUT2D eigenvalue weighted by Crippen LogP contribution is -1.97. The zero-order valence-corrected chi connectivity index (χ0v) is 12.7. The van der Waals surface area contributed by atoms with Crippen molar-refractivity contribution < 1.29 is 14.3 Å². The molecule has 6 heteroatoms. The maximum Gasteiger partial charge on any atom is 0.339 e. The second kappa shape index (κ2) is 5.21. The molecule has 0 aliphatic rings. The van der Waals surface area contributed by atoms with Gasteiger partial charge in [0.2, 0.25) is 0 Å². The van der Waals surface area contributed by atoms with Crippen LogP contribution in [0.3, 0.4) is 0 Å². The molecule has 0 saturated heterocycles. The zero-order chi connectivity index (χ0) is 15.0. The molecule has 0 amide bonds. The summed E-state index contributed by atoms with van der Waals surface area (Å²) in [6.45, 7) is 1.95. The first-order valence-electron chi connectivity index (χ1n) is 6.21. The van der Waals surface area contributed by atoms with Gasteiger partial charge in [0.05, 0.1) is 5.69 Å². The van der Waals surface area contributed by atoms with Gasteiger partial charge >= 0.3 is 5.97 Å². The van der Waals surface area contributed by atoms with E-state index < -0.39 is 5.97 Å². The summed E-state index contributed by atoms with van der Waals surface area (Å²) < 4.78 is 7.50. The van der Waals surface area contributed by atoms with Crippen LogP contribution in [-0.4, -0.2) is 20.9 Å². The molecule has 2 heterocycles. The van der Waals surface area contributed by atoms with Crippen molar-refractivity contribution in [2.75, 3.05) is 0 Å². The van der Waals surface area contributed by atoms with Crippen molar-refractivity contribution >= 4 is 21.9 Å². The molecule has 2 aromatic heterocycles. The smallest absolute Gasteiger partial charge is 0.339 e. The standard InChI is InChI=1S/C15H11BrN2O3/c1-9-4-2-3-5-11(9)18-8-10(15(19)20)14(17-18)12-6-7-13(16)21-12/h2-8H,1H3,(H,19,20). The SMILES string of the molecule is Cc1ccccc1-n1cc(C(=O)O)c(-c2ccc(Br)o2)n1. The lowest BCUT2D eigenvalue weighted by Gasteiger charge is -2.04. The zero-order valence-electron chi connectivity index (χ0n) is 11.1. The number of benzene rings is 1. The van der Waals surface area contributed by atoms with Crippen molar-refractivity contribution in [3.63, 3.8) is 0 Å². The molecule has 0 radical (unpaired) electrons. The summed E-state index contributed by atoms with van der Waals surface area (Å²) in [4.78, 5) is 11.4. The van der Waals surface area contributed by atoms with Crippen LogP contribution in [0.25, 0.3) is 17.1 Å². The first kappa shape index (κ1) is 13.6. The summed E-state index contributed by atoms with van der Waals surface area (Å²) >= 11 is 3.21. The Hall–Kier alpha value is -2.34. The number of rotatable bonds is 3. The van der Waals surface area contributed by atoms with E-state index in [1.807, 2.05) is 31.2 Å². The third kappa shape index (κ3) is 2.50. The predicted octanol–water partition coefficient (Wildman–Crippen LogP) is 3.90. The average molecular weight is 347 g/mol. The number of carbonyl (C=O) groups is 1. The van der Waals surface area contributed by atoms with E-state index in [0.29, 0.717) is 16.1 Å². The molecule has 0 atom stereocenters. The number of hydrogen-bond acceptors (Lipinski definition) is 3. The first-order chi connectivity index (χ1) is 10.1. The summed E-state index contributed by atoms with van der Waals surface area (Å²) in [5.74, 6) is -0.635. The highest BCUT2D eigenvalue weighted by molar-refractivity contribution is 9.10. The molecule has 0 saturated carbocycles. The molecule has 0 aliphatic carbocycles. The molecule has 0 fully saturated rings. The lowest BCUT2D eigenvalue weighted by atomic mass is 10.2. The Kier molecular flexibility index (Phi) is 3.39. The van der Waals surface area contributed by atoms with Gasteiger partial charge in [0.15, 0.2) is 10.4 Å². The van der Waals surface area contributed by atoms with Gasteiger partial charge in [-0.2, -0.15) is 5.10 Å². The Balaban J connectivity index is 2.18. The normalized spacial score (nSPS) is 10.8. The third-order valence-corrected chi connectivity index (χ3v) is 3.54. The van der Waals surface area contributed by atoms with Gasteiger partial charge in [-0.15, -0.1) is 0 Å². The molecule has 0 unspecified atom stereocenters. The molecule has 3 aromatic rings. The Bertz CT molecular complexity index is 820. The first-order valence-corrected chi connectivity index (χ1v) is 7.00. The number of para-hydroxylation sites is 1. The van der Waals surface area contributed by atoms with E-state index in [2.05, 4.69) is 21.0 Å². The van der Waals surface area contributed by atoms with Crippen LogP contribution in [-0.2, 0) is 0 Å². The lowest BCUT2D eigenvalue weighted by molar-refractivity contribution is 0.0697. The number of aromatic carboxylic acids is 1. The fraction of sp³-hybridized carbons (Fsp3) is 0.0667. The van der Waals surface area contributed by atoms with Gasteiger partial charge in [0, 0.05) is 6.20 Å². The molecule has 1 N–H and O–H groups in total. The largest absolute Gasteiger partial charge is 0.478 e. The molecular formula is C15H11BrN2O3. The van der Waals surface area contributed by atoms with Crippen molar-refractivity contribution in [1.82, 2.24) is 9.78 Å². The van der Waals surface area contributed by atoms with Gasteiger partial charge in [0.25, 0.3) is 0 Å². The van der Waals surface area contributed by atoms with E-state index in [-0.39, 0.29) is 5.56 Å². The summed E-state index contributed by atoms with van der Waals surface area (Å²) in [6.07, 6.45) is 1.50. The number of nitrogens with zero attached hydrogens (tertiary/aromatic N) is 2. The van der Waals surface area contributed by atoms with Crippen molar-refractivity contribution in [3.05, 3.63) is 58.4 Å². The third-order valence-electron chi connectivity index (χ3n) is 3.11. The molecule has 5 nitrogen and oxygen atoms in total. The van der Waals surface area contributed by atoms with Crippen LogP contribution < -0.4 is 0 Å². The second-order valence-corrected chi connectivity index (χ2v) is 5.31. The van der Waals surface area contributed by atoms with Gasteiger partial charge in [-0.3, -0.25) is 0 Å². The maximum absolute atomic E-state index is 11.4. The monoisotopic (exact) mass is 346 g/mol. The van der Waals surface area contributed by atoms with Crippen molar-refractivity contribution in [2.24, 2.45) is 0 Å². The van der Waals surface area contributed by atoms with E-state index in [1.54, 1.807) is 16.8 Å². The van der Waals surface area contributed by atoms with Gasteiger partial charge in [-0.05, 0) is 46.6 Å². The number of hydrogen-bond donors (Lipinski definition) is 1. The van der Waals surface area contributed by atoms with Crippen LogP contribution in [0.2, 0.25) is 0 Å². The van der Waals surface area contributed by atoms with Crippen LogP contribution in [0.15, 0.2) is 51.7 Å². The van der Waals surface area contributed by atoms with Crippen LogP contribution in [0.5, 0.6) is 0 Å². The predicted molar refractivity (Wildman–Crippen MR) is 80.7 cm³/mol. The number of carboxylic acids is 1. The van der Waals surface area contributed by atoms with Crippen LogP contribution in [0, 0.1) is 6.92 Å². The van der Waals surface area contributed by atoms with Crippen LogP contribution in [0.4, 0.5) is 0 Å². The average Bonchev–Trinajstić information content (AvgIpc) is 3.05. The number of aromatic nitrogens is 2. The topological polar surface area (TPSA) is 68.3 Å². The Labute approximate surface area is 129 Å². The summed E-state index contributed by atoms with van der Waals surface area (Å²) in [5, 5.41) is 13.7. The number of carboxylic acid groups (broad SMARTS) is 1. The molecule has 1 aromatic carbocycles. The minimum absolute atomic E-state index is 0.0973. The number of furan rings is 1. The molecule has 106 valence electrons. The van der Waals surface area contributed by atoms with Crippen molar-refractivity contribution in [1.29, 1.82) is 0 Å². The molecule has 0 aliphatic heterocycles. The Morgan fingerprint density at radius 2 is 2.05 bits per heavy atom. The highest BCUT2D eigenvalue weighted by Crippen LogP contribution is 2.28. The van der Waals surface area contributed by atoms with Gasteiger partial charge in [-0.25, -0.2) is 9.48 Å². The van der Waals surface area contributed by atoms with E-state index in [0.717, 1.165) is 11.3 Å². The molecular weight excluding hydrogens is 336 g/mol. The minimum atomic E-state index is -1.04. The quantitative estimate of drug-likeness (QED) is 0.780. The Morgan fingerprint density at radius 1 is 1.29 bits per heavy atom. The number of aryl methyl sites for hydroxylation is 1. The Morgan fingerprint density at radius 3 is 2.67 bits per heavy atom. The van der Waals surface area contributed by atoms with Crippen molar-refractivity contribution in [3.8, 4) is 17.1 Å². The highest BCUT2D eigenvalue weighted by Gasteiger charge is 2.20. The summed E-state index contributed by atoms with van der Waals surface area (Å²) in [6, 6.07) is 11.0. The van der Waals surface area contributed by atoms with Gasteiger partial charge in [-0.1, -0.05) is 18.2 Å². The summed E-state index contributed by atoms with van der Waals surface area (Å²) in [7, 11) is 0. The highest BCUT2D eigenvalue weighted by atomic mass is 79.9. The second-order valence-electron chi connectivity index (χ2n) is 4.53. The van der Waals surface area contributed by atoms with E-state index >= 15 is 0 Å². The summed E-state index contributed by atoms with van der Waals surface area (Å²) in [5.41, 5.74) is 2.23. The van der Waals surface area contributed by atoms with E-state index in [4.69, 9.17) is 4.42 Å². The fourth-order valence-electron chi connectivity index (χ4n) is 2.10. The van der Waals surface area contributed by atoms with E-state index in [9.17, 15) is 9.90 Å². The minimum Gasteiger partial charge on any atom is -0.478 e. The van der Waals surface area contributed by atoms with Crippen molar-refractivity contribution in [2.45, 2.75) is 6.92 Å². The molecule has 3 rings (SSSR count). The molecule has 0 bridgehead atoms. The fourth-order valence-corrected chi connectivity index (χ4v) is 2.40. The van der Waals surface area contributed by atoms with Crippen LogP contribution >= 0.6 is 15.9 Å². The molecule has 21 heavy (non-hydrogen) atoms. The van der Waals surface area contributed by atoms with Crippen LogP contribution in [0.1, 0.15) is 15.9 Å².